The zero-order valence-corrected chi connectivity index (χ0v) is 22.3. The second-order valence-electron chi connectivity index (χ2n) is 10.5. The lowest BCUT2D eigenvalue weighted by Gasteiger charge is -2.41. The van der Waals surface area contributed by atoms with E-state index in [2.05, 4.69) is 38.7 Å². The number of anilines is 1. The largest absolute Gasteiger partial charge is 0.337 e. The highest BCUT2D eigenvalue weighted by molar-refractivity contribution is 7.92. The molecule has 2 aliphatic rings. The Morgan fingerprint density at radius 3 is 2.47 bits per heavy atom. The number of nitrogens with one attached hydrogen (secondary N) is 1. The number of benzene rings is 1. The second kappa shape index (κ2) is 9.04. The summed E-state index contributed by atoms with van der Waals surface area (Å²) < 4.78 is 54.1. The molecular formula is C26H28F2N6O3S. The van der Waals surface area contributed by atoms with Crippen LogP contribution in [0.2, 0.25) is 0 Å². The van der Waals surface area contributed by atoms with Gasteiger partial charge in [-0.25, -0.2) is 27.2 Å². The summed E-state index contributed by atoms with van der Waals surface area (Å²) in [5.74, 6) is -1.62. The maximum absolute atomic E-state index is 14.5. The molecule has 1 fully saturated rings. The first-order valence-corrected chi connectivity index (χ1v) is 14.2. The van der Waals surface area contributed by atoms with E-state index in [9.17, 15) is 22.0 Å². The zero-order chi connectivity index (χ0) is 27.5. The molecule has 200 valence electrons. The van der Waals surface area contributed by atoms with Crippen LogP contribution in [0.15, 0.2) is 36.7 Å². The van der Waals surface area contributed by atoms with E-state index in [1.807, 2.05) is 6.92 Å². The van der Waals surface area contributed by atoms with Crippen LogP contribution in [0.3, 0.4) is 0 Å². The number of carbonyl (C=O) groups excluding carboxylic acids is 1. The highest BCUT2D eigenvalue weighted by Gasteiger charge is 2.64. The topological polar surface area (TPSA) is 118 Å². The SMILES string of the molecule is CCN(C[C@@]12CC[C@@H](c3cc(-c4c(F)cccc4F)nnc31)C2(C)C)C(=O)c1cnc(NS(C)(=O)=O)cn1. The first-order valence-electron chi connectivity index (χ1n) is 12.3. The molecule has 2 aliphatic carbocycles. The van der Waals surface area contributed by atoms with Gasteiger partial charge in [0.15, 0.2) is 5.82 Å². The van der Waals surface area contributed by atoms with E-state index in [0.29, 0.717) is 13.1 Å². The van der Waals surface area contributed by atoms with Crippen LogP contribution in [0.4, 0.5) is 14.6 Å². The van der Waals surface area contributed by atoms with Gasteiger partial charge in [0.25, 0.3) is 5.91 Å². The quantitative estimate of drug-likeness (QED) is 0.481. The molecule has 0 radical (unpaired) electrons. The van der Waals surface area contributed by atoms with Crippen molar-refractivity contribution in [3.8, 4) is 11.3 Å². The molecule has 38 heavy (non-hydrogen) atoms. The van der Waals surface area contributed by atoms with E-state index in [0.717, 1.165) is 30.4 Å². The van der Waals surface area contributed by atoms with Crippen LogP contribution in [0.1, 0.15) is 61.3 Å². The van der Waals surface area contributed by atoms with Crippen molar-refractivity contribution in [2.24, 2.45) is 5.41 Å². The number of hydrogen-bond acceptors (Lipinski definition) is 7. The molecule has 0 spiro atoms. The number of amides is 1. The molecule has 5 rings (SSSR count). The van der Waals surface area contributed by atoms with Gasteiger partial charge < -0.3 is 4.90 Å². The molecule has 1 saturated carbocycles. The summed E-state index contributed by atoms with van der Waals surface area (Å²) in [5.41, 5.74) is 0.902. The number of fused-ring (bicyclic) bond motifs is 5. The Morgan fingerprint density at radius 2 is 1.87 bits per heavy atom. The number of rotatable bonds is 7. The molecule has 12 heteroatoms. The standard InChI is InChI=1S/C26H28F2N6O3S/c1-5-34(24(35)20-12-30-21(13-29-20)33-38(4,36)37)14-26-10-9-16(25(26,2)3)15-11-19(31-32-23(15)26)22-17(27)7-6-8-18(22)28/h6-8,11-13,16H,5,9-10,14H2,1-4H3,(H,30,33)/t16-,26-/m0/s1. The molecule has 2 aromatic heterocycles. The molecule has 2 atom stereocenters. The number of likely N-dealkylation sites (N-methyl/N-ethyl adjacent to an activating group) is 1. The molecule has 2 heterocycles. The van der Waals surface area contributed by atoms with Crippen LogP contribution in [-0.4, -0.2) is 58.7 Å². The summed E-state index contributed by atoms with van der Waals surface area (Å²) in [5, 5.41) is 8.75. The summed E-state index contributed by atoms with van der Waals surface area (Å²) >= 11 is 0. The Hall–Kier alpha value is -3.54. The number of hydrogen-bond donors (Lipinski definition) is 1. The summed E-state index contributed by atoms with van der Waals surface area (Å²) in [6, 6.07) is 5.45. The Kier molecular flexibility index (Phi) is 6.20. The van der Waals surface area contributed by atoms with E-state index in [1.165, 1.54) is 30.6 Å². The molecule has 0 aliphatic heterocycles. The zero-order valence-electron chi connectivity index (χ0n) is 21.5. The van der Waals surface area contributed by atoms with Crippen molar-refractivity contribution in [2.75, 3.05) is 24.1 Å². The van der Waals surface area contributed by atoms with Crippen molar-refractivity contribution in [2.45, 2.75) is 44.9 Å². The highest BCUT2D eigenvalue weighted by atomic mass is 32.2. The van der Waals surface area contributed by atoms with E-state index < -0.39 is 27.1 Å². The molecule has 3 aromatic rings. The summed E-state index contributed by atoms with van der Waals surface area (Å²) in [6.45, 7) is 6.89. The van der Waals surface area contributed by atoms with Crippen molar-refractivity contribution in [1.29, 1.82) is 0 Å². The molecular weight excluding hydrogens is 514 g/mol. The lowest BCUT2D eigenvalue weighted by atomic mass is 9.68. The van der Waals surface area contributed by atoms with Crippen LogP contribution >= 0.6 is 0 Å². The predicted octanol–water partition coefficient (Wildman–Crippen LogP) is 3.90. The fourth-order valence-electron chi connectivity index (χ4n) is 6.14. The normalized spacial score (nSPS) is 21.3. The van der Waals surface area contributed by atoms with Crippen molar-refractivity contribution < 1.29 is 22.0 Å². The molecule has 1 amide bonds. The van der Waals surface area contributed by atoms with Gasteiger partial charge in [0, 0.05) is 18.5 Å². The van der Waals surface area contributed by atoms with Crippen molar-refractivity contribution >= 4 is 21.7 Å². The molecule has 1 aromatic carbocycles. The van der Waals surface area contributed by atoms with Gasteiger partial charge in [-0.1, -0.05) is 19.9 Å². The fraction of sp³-hybridized carbons (Fsp3) is 0.423. The fourth-order valence-corrected chi connectivity index (χ4v) is 6.62. The second-order valence-corrected chi connectivity index (χ2v) is 12.3. The van der Waals surface area contributed by atoms with E-state index in [-0.39, 0.29) is 40.0 Å². The Bertz CT molecular complexity index is 1510. The van der Waals surface area contributed by atoms with Gasteiger partial charge in [0.05, 0.1) is 35.6 Å². The predicted molar refractivity (Wildman–Crippen MR) is 137 cm³/mol. The van der Waals surface area contributed by atoms with Crippen molar-refractivity contribution in [3.63, 3.8) is 0 Å². The van der Waals surface area contributed by atoms with Crippen molar-refractivity contribution in [1.82, 2.24) is 25.1 Å². The number of carbonyl (C=O) groups is 1. The summed E-state index contributed by atoms with van der Waals surface area (Å²) in [4.78, 5) is 23.3. The maximum Gasteiger partial charge on any atom is 0.274 e. The monoisotopic (exact) mass is 542 g/mol. The van der Waals surface area contributed by atoms with Crippen LogP contribution < -0.4 is 4.72 Å². The highest BCUT2D eigenvalue weighted by Crippen LogP contribution is 2.67. The number of aromatic nitrogens is 4. The number of sulfonamides is 1. The molecule has 0 unspecified atom stereocenters. The third kappa shape index (κ3) is 4.11. The summed E-state index contributed by atoms with van der Waals surface area (Å²) in [7, 11) is -3.52. The van der Waals surface area contributed by atoms with Gasteiger partial charge in [-0.15, -0.1) is 0 Å². The number of halogens is 2. The first kappa shape index (κ1) is 26.1. The third-order valence-electron chi connectivity index (χ3n) is 8.13. The average Bonchev–Trinajstić information content (AvgIpc) is 3.21. The van der Waals surface area contributed by atoms with Gasteiger partial charge in [-0.2, -0.15) is 10.2 Å². The van der Waals surface area contributed by atoms with E-state index >= 15 is 0 Å². The molecule has 2 bridgehead atoms. The third-order valence-corrected chi connectivity index (χ3v) is 8.71. The minimum Gasteiger partial charge on any atom is -0.337 e. The minimum absolute atomic E-state index is 0.0209. The van der Waals surface area contributed by atoms with Gasteiger partial charge in [0.2, 0.25) is 10.0 Å². The van der Waals surface area contributed by atoms with Gasteiger partial charge in [0.1, 0.15) is 17.3 Å². The van der Waals surface area contributed by atoms with Gasteiger partial charge in [-0.05, 0) is 54.9 Å². The number of nitrogens with zero attached hydrogens (tertiary/aromatic N) is 5. The molecule has 1 N–H and O–H groups in total. The van der Waals surface area contributed by atoms with Crippen LogP contribution in [0.5, 0.6) is 0 Å². The van der Waals surface area contributed by atoms with Gasteiger partial charge in [-0.3, -0.25) is 9.52 Å². The first-order chi connectivity index (χ1) is 17.9. The Balaban J connectivity index is 1.48. The molecule has 9 nitrogen and oxygen atoms in total. The van der Waals surface area contributed by atoms with E-state index in [1.54, 1.807) is 11.0 Å². The van der Waals surface area contributed by atoms with Crippen molar-refractivity contribution in [3.05, 3.63) is 65.2 Å². The van der Waals surface area contributed by atoms with Crippen LogP contribution in [0.25, 0.3) is 11.3 Å². The molecule has 0 saturated heterocycles. The Morgan fingerprint density at radius 1 is 1.16 bits per heavy atom. The maximum atomic E-state index is 14.5. The Labute approximate surface area is 219 Å². The average molecular weight is 543 g/mol. The summed E-state index contributed by atoms with van der Waals surface area (Å²) in [6.07, 6.45) is 5.08. The van der Waals surface area contributed by atoms with Crippen LogP contribution in [-0.2, 0) is 15.4 Å². The minimum atomic E-state index is -3.52. The van der Waals surface area contributed by atoms with E-state index in [4.69, 9.17) is 0 Å². The lowest BCUT2D eigenvalue weighted by Crippen LogP contribution is -2.48. The smallest absolute Gasteiger partial charge is 0.274 e. The lowest BCUT2D eigenvalue weighted by molar-refractivity contribution is 0.0646. The van der Waals surface area contributed by atoms with Crippen LogP contribution in [0, 0.1) is 17.0 Å². The van der Waals surface area contributed by atoms with Gasteiger partial charge >= 0.3 is 0 Å².